The van der Waals surface area contributed by atoms with Crippen molar-refractivity contribution in [3.63, 3.8) is 0 Å². The lowest BCUT2D eigenvalue weighted by atomic mass is 10.2. The summed E-state index contributed by atoms with van der Waals surface area (Å²) in [6.45, 7) is 0.884. The Balaban J connectivity index is 1.98. The fourth-order valence-electron chi connectivity index (χ4n) is 1.80. The summed E-state index contributed by atoms with van der Waals surface area (Å²) in [4.78, 5) is 22.8. The van der Waals surface area contributed by atoms with E-state index in [-0.39, 0.29) is 22.4 Å². The topological polar surface area (TPSA) is 67.4 Å². The number of nitrogens with one attached hydrogen (secondary N) is 2. The van der Waals surface area contributed by atoms with Gasteiger partial charge in [-0.2, -0.15) is 0 Å². The molecule has 0 radical (unpaired) electrons. The van der Waals surface area contributed by atoms with E-state index in [0.717, 1.165) is 12.1 Å². The molecule has 2 aromatic rings. The molecule has 24 heavy (non-hydrogen) atoms. The normalized spacial score (nSPS) is 10.2. The molecule has 0 spiro atoms. The number of amides is 2. The summed E-state index contributed by atoms with van der Waals surface area (Å²) in [6.07, 6.45) is 0. The molecule has 0 aliphatic carbocycles. The lowest BCUT2D eigenvalue weighted by Gasteiger charge is -2.10. The number of benzene rings is 2. The molecule has 0 heterocycles. The van der Waals surface area contributed by atoms with E-state index >= 15 is 0 Å². The standard InChI is InChI=1S/C16H13ClF2N2O3/c1-9(22)20-10-2-4-14(19)15(6-10)21-16(23)8-24-11-3-5-13(18)12(17)7-11/h2-7H,8H2,1H3,(H,20,22)(H,21,23). The fourth-order valence-corrected chi connectivity index (χ4v) is 1.97. The summed E-state index contributed by atoms with van der Waals surface area (Å²) in [5.74, 6) is -2.03. The number of hydrogen-bond acceptors (Lipinski definition) is 3. The smallest absolute Gasteiger partial charge is 0.262 e. The zero-order valence-corrected chi connectivity index (χ0v) is 13.3. The SMILES string of the molecule is CC(=O)Nc1ccc(F)c(NC(=O)COc2ccc(F)c(Cl)c2)c1. The molecule has 0 saturated carbocycles. The van der Waals surface area contributed by atoms with Gasteiger partial charge in [-0.15, -0.1) is 0 Å². The van der Waals surface area contributed by atoms with Gasteiger partial charge in [-0.3, -0.25) is 9.59 Å². The van der Waals surface area contributed by atoms with E-state index in [4.69, 9.17) is 16.3 Å². The second-order valence-electron chi connectivity index (χ2n) is 4.79. The number of rotatable bonds is 5. The lowest BCUT2D eigenvalue weighted by Crippen LogP contribution is -2.21. The van der Waals surface area contributed by atoms with Crippen LogP contribution in [-0.4, -0.2) is 18.4 Å². The highest BCUT2D eigenvalue weighted by molar-refractivity contribution is 6.30. The molecule has 0 aliphatic heterocycles. The van der Waals surface area contributed by atoms with Crippen molar-refractivity contribution in [1.29, 1.82) is 0 Å². The highest BCUT2D eigenvalue weighted by Crippen LogP contribution is 2.22. The van der Waals surface area contributed by atoms with Crippen molar-refractivity contribution < 1.29 is 23.1 Å². The van der Waals surface area contributed by atoms with Crippen LogP contribution in [0.1, 0.15) is 6.92 Å². The Morgan fingerprint density at radius 1 is 1.08 bits per heavy atom. The van der Waals surface area contributed by atoms with Gasteiger partial charge in [-0.25, -0.2) is 8.78 Å². The quantitative estimate of drug-likeness (QED) is 0.862. The van der Waals surface area contributed by atoms with Gasteiger partial charge in [0.05, 0.1) is 10.7 Å². The van der Waals surface area contributed by atoms with Crippen LogP contribution in [0.25, 0.3) is 0 Å². The fraction of sp³-hybridized carbons (Fsp3) is 0.125. The first-order chi connectivity index (χ1) is 11.3. The van der Waals surface area contributed by atoms with Crippen molar-refractivity contribution in [2.45, 2.75) is 6.92 Å². The predicted molar refractivity (Wildman–Crippen MR) is 86.2 cm³/mol. The van der Waals surface area contributed by atoms with Crippen LogP contribution in [0.3, 0.4) is 0 Å². The minimum absolute atomic E-state index is 0.105. The number of carbonyl (C=O) groups is 2. The minimum Gasteiger partial charge on any atom is -0.484 e. The molecule has 5 nitrogen and oxygen atoms in total. The van der Waals surface area contributed by atoms with Gasteiger partial charge in [-0.1, -0.05) is 11.6 Å². The van der Waals surface area contributed by atoms with E-state index in [1.165, 1.54) is 31.2 Å². The maximum atomic E-state index is 13.7. The molecule has 2 aromatic carbocycles. The Labute approximate surface area is 141 Å². The van der Waals surface area contributed by atoms with Gasteiger partial charge in [0.2, 0.25) is 5.91 Å². The van der Waals surface area contributed by atoms with Crippen LogP contribution in [0, 0.1) is 11.6 Å². The summed E-state index contributed by atoms with van der Waals surface area (Å²) >= 11 is 5.60. The highest BCUT2D eigenvalue weighted by Gasteiger charge is 2.10. The molecule has 0 unspecified atom stereocenters. The molecule has 126 valence electrons. The first-order valence-corrected chi connectivity index (χ1v) is 7.18. The van der Waals surface area contributed by atoms with Crippen LogP contribution in [0.2, 0.25) is 5.02 Å². The van der Waals surface area contributed by atoms with Crippen LogP contribution in [-0.2, 0) is 9.59 Å². The molecule has 0 atom stereocenters. The molecule has 0 saturated heterocycles. The summed E-state index contributed by atoms with van der Waals surface area (Å²) < 4.78 is 31.9. The van der Waals surface area contributed by atoms with Crippen molar-refractivity contribution in [2.75, 3.05) is 17.2 Å². The lowest BCUT2D eigenvalue weighted by molar-refractivity contribution is -0.118. The molecule has 0 aromatic heterocycles. The number of carbonyl (C=O) groups excluding carboxylic acids is 2. The molecule has 2 amide bonds. The van der Waals surface area contributed by atoms with Crippen molar-refractivity contribution in [1.82, 2.24) is 0 Å². The third-order valence-corrected chi connectivity index (χ3v) is 3.11. The van der Waals surface area contributed by atoms with Crippen LogP contribution in [0.4, 0.5) is 20.2 Å². The summed E-state index contributed by atoms with van der Waals surface area (Å²) in [5, 5.41) is 4.66. The van der Waals surface area contributed by atoms with E-state index in [1.54, 1.807) is 0 Å². The Hall–Kier alpha value is -2.67. The predicted octanol–water partition coefficient (Wildman–Crippen LogP) is 3.59. The van der Waals surface area contributed by atoms with Crippen LogP contribution in [0.5, 0.6) is 5.75 Å². The summed E-state index contributed by atoms with van der Waals surface area (Å²) in [7, 11) is 0. The molecule has 8 heteroatoms. The van der Waals surface area contributed by atoms with Crippen molar-refractivity contribution in [3.8, 4) is 5.75 Å². The van der Waals surface area contributed by atoms with E-state index in [9.17, 15) is 18.4 Å². The molecule has 0 bridgehead atoms. The van der Waals surface area contributed by atoms with E-state index in [1.807, 2.05) is 0 Å². The molecule has 2 N–H and O–H groups in total. The third-order valence-electron chi connectivity index (χ3n) is 2.82. The van der Waals surface area contributed by atoms with Gasteiger partial charge >= 0.3 is 0 Å². The van der Waals surface area contributed by atoms with Crippen LogP contribution < -0.4 is 15.4 Å². The van der Waals surface area contributed by atoms with E-state index < -0.39 is 24.1 Å². The second kappa shape index (κ2) is 7.74. The van der Waals surface area contributed by atoms with Gasteiger partial charge in [0.25, 0.3) is 5.91 Å². The third kappa shape index (κ3) is 4.92. The number of hydrogen-bond donors (Lipinski definition) is 2. The van der Waals surface area contributed by atoms with Crippen molar-refractivity contribution >= 4 is 34.8 Å². The van der Waals surface area contributed by atoms with Gasteiger partial charge < -0.3 is 15.4 Å². The first kappa shape index (κ1) is 17.7. The second-order valence-corrected chi connectivity index (χ2v) is 5.20. The molecule has 0 fully saturated rings. The number of anilines is 2. The largest absolute Gasteiger partial charge is 0.484 e. The molecule has 2 rings (SSSR count). The molecular weight excluding hydrogens is 342 g/mol. The maximum Gasteiger partial charge on any atom is 0.262 e. The van der Waals surface area contributed by atoms with Gasteiger partial charge in [0, 0.05) is 18.7 Å². The molecular formula is C16H13ClF2N2O3. The monoisotopic (exact) mass is 354 g/mol. The van der Waals surface area contributed by atoms with Crippen molar-refractivity contribution in [3.05, 3.63) is 53.1 Å². The Morgan fingerprint density at radius 3 is 2.46 bits per heavy atom. The van der Waals surface area contributed by atoms with Gasteiger partial charge in [-0.05, 0) is 30.3 Å². The average molecular weight is 355 g/mol. The van der Waals surface area contributed by atoms with Crippen LogP contribution >= 0.6 is 11.6 Å². The number of ether oxygens (including phenoxy) is 1. The van der Waals surface area contributed by atoms with Gasteiger partial charge in [0.1, 0.15) is 17.4 Å². The van der Waals surface area contributed by atoms with Gasteiger partial charge in [0.15, 0.2) is 6.61 Å². The Morgan fingerprint density at radius 2 is 1.79 bits per heavy atom. The Kier molecular flexibility index (Phi) is 5.70. The zero-order chi connectivity index (χ0) is 17.7. The average Bonchev–Trinajstić information content (AvgIpc) is 2.51. The van der Waals surface area contributed by atoms with Crippen LogP contribution in [0.15, 0.2) is 36.4 Å². The summed E-state index contributed by atoms with van der Waals surface area (Å²) in [6, 6.07) is 7.40. The zero-order valence-electron chi connectivity index (χ0n) is 12.5. The first-order valence-electron chi connectivity index (χ1n) is 6.80. The summed E-state index contributed by atoms with van der Waals surface area (Å²) in [5.41, 5.74) is 0.234. The maximum absolute atomic E-state index is 13.7. The Bertz CT molecular complexity index is 784. The van der Waals surface area contributed by atoms with E-state index in [2.05, 4.69) is 10.6 Å². The number of halogens is 3. The highest BCUT2D eigenvalue weighted by atomic mass is 35.5. The molecule has 0 aliphatic rings. The van der Waals surface area contributed by atoms with E-state index in [0.29, 0.717) is 5.69 Å². The minimum atomic E-state index is -0.665. The van der Waals surface area contributed by atoms with Crippen molar-refractivity contribution in [2.24, 2.45) is 0 Å².